The molecular weight excluding hydrogens is 424 g/mol. The van der Waals surface area contributed by atoms with E-state index in [9.17, 15) is 16.8 Å². The standard InChI is InChI=1S/C20H27N4O4S2/c1-21-29(25,26)12-8-16-4-5-20-18(14-16)19(17-6-9-23(3)10-7-17)15-24(20)11-13-30(27,28)22-2/h4-7,9-10,14-15,21-22H,8,11-13H2,1-3H3/q+1. The Balaban J connectivity index is 2.04. The lowest BCUT2D eigenvalue weighted by atomic mass is 10.0. The number of aromatic nitrogens is 2. The third kappa shape index (κ3) is 5.25. The SMILES string of the molecule is CNS(=O)(=O)CCc1ccc2c(c1)c(-c1cc[n+](C)cc1)cn2CCS(=O)(=O)NC. The maximum absolute atomic E-state index is 11.9. The van der Waals surface area contributed by atoms with E-state index in [2.05, 4.69) is 9.44 Å². The van der Waals surface area contributed by atoms with Crippen LogP contribution < -0.4 is 14.0 Å². The second-order valence-corrected chi connectivity index (χ2v) is 11.2. The first kappa shape index (κ1) is 22.4. The van der Waals surface area contributed by atoms with Gasteiger partial charge in [0.1, 0.15) is 7.05 Å². The molecule has 0 aliphatic carbocycles. The molecule has 3 aromatic rings. The number of benzene rings is 1. The van der Waals surface area contributed by atoms with Crippen molar-refractivity contribution in [2.45, 2.75) is 13.0 Å². The van der Waals surface area contributed by atoms with E-state index in [1.165, 1.54) is 14.1 Å². The van der Waals surface area contributed by atoms with Gasteiger partial charge in [-0.15, -0.1) is 0 Å². The first-order valence-electron chi connectivity index (χ1n) is 9.54. The van der Waals surface area contributed by atoms with E-state index < -0.39 is 20.0 Å². The third-order valence-electron chi connectivity index (χ3n) is 5.12. The van der Waals surface area contributed by atoms with E-state index >= 15 is 0 Å². The molecule has 0 spiro atoms. The van der Waals surface area contributed by atoms with Gasteiger partial charge in [-0.05, 0) is 43.8 Å². The number of nitrogens with zero attached hydrogens (tertiary/aromatic N) is 2. The molecule has 0 saturated heterocycles. The van der Waals surface area contributed by atoms with Gasteiger partial charge in [-0.1, -0.05) is 6.07 Å². The Morgan fingerprint density at radius 2 is 1.57 bits per heavy atom. The highest BCUT2D eigenvalue weighted by Crippen LogP contribution is 2.31. The molecule has 0 bridgehead atoms. The van der Waals surface area contributed by atoms with Crippen LogP contribution in [0.2, 0.25) is 0 Å². The topological polar surface area (TPSA) is 101 Å². The first-order valence-corrected chi connectivity index (χ1v) is 12.8. The van der Waals surface area contributed by atoms with Crippen molar-refractivity contribution < 1.29 is 21.4 Å². The van der Waals surface area contributed by atoms with E-state index in [0.29, 0.717) is 13.0 Å². The highest BCUT2D eigenvalue weighted by atomic mass is 32.2. The number of fused-ring (bicyclic) bond motifs is 1. The van der Waals surface area contributed by atoms with Crippen LogP contribution in [0.5, 0.6) is 0 Å². The van der Waals surface area contributed by atoms with Crippen LogP contribution in [0.1, 0.15) is 5.56 Å². The average Bonchev–Trinajstić information content (AvgIpc) is 3.09. The Morgan fingerprint density at radius 1 is 0.933 bits per heavy atom. The lowest BCUT2D eigenvalue weighted by Crippen LogP contribution is -2.25. The zero-order valence-electron chi connectivity index (χ0n) is 17.3. The lowest BCUT2D eigenvalue weighted by Gasteiger charge is -2.07. The number of pyridine rings is 1. The van der Waals surface area contributed by atoms with E-state index in [-0.39, 0.29) is 11.5 Å². The summed E-state index contributed by atoms with van der Waals surface area (Å²) in [5.74, 6) is -0.0226. The summed E-state index contributed by atoms with van der Waals surface area (Å²) in [6.07, 6.45) is 6.25. The van der Waals surface area contributed by atoms with Gasteiger partial charge in [0.2, 0.25) is 20.0 Å². The molecule has 2 heterocycles. The maximum Gasteiger partial charge on any atom is 0.213 e. The highest BCUT2D eigenvalue weighted by Gasteiger charge is 2.15. The zero-order chi connectivity index (χ0) is 21.9. The van der Waals surface area contributed by atoms with E-state index in [4.69, 9.17) is 0 Å². The van der Waals surface area contributed by atoms with Gasteiger partial charge in [0.25, 0.3) is 0 Å². The summed E-state index contributed by atoms with van der Waals surface area (Å²) >= 11 is 0. The molecule has 1 aromatic carbocycles. The number of nitrogens with one attached hydrogen (secondary N) is 2. The van der Waals surface area contributed by atoms with Crippen LogP contribution >= 0.6 is 0 Å². The second kappa shape index (κ2) is 8.84. The van der Waals surface area contributed by atoms with Gasteiger partial charge in [-0.2, -0.15) is 0 Å². The molecule has 0 saturated carbocycles. The zero-order valence-corrected chi connectivity index (χ0v) is 18.9. The molecule has 30 heavy (non-hydrogen) atoms. The van der Waals surface area contributed by atoms with Crippen LogP contribution in [0, 0.1) is 0 Å². The van der Waals surface area contributed by atoms with Crippen molar-refractivity contribution in [3.63, 3.8) is 0 Å². The van der Waals surface area contributed by atoms with Gasteiger partial charge in [0, 0.05) is 41.3 Å². The second-order valence-electron chi connectivity index (χ2n) is 7.14. The molecule has 3 rings (SSSR count). The van der Waals surface area contributed by atoms with Crippen molar-refractivity contribution in [1.29, 1.82) is 0 Å². The third-order valence-corrected chi connectivity index (χ3v) is 7.82. The fraction of sp³-hybridized carbons (Fsp3) is 0.350. The molecule has 0 amide bonds. The van der Waals surface area contributed by atoms with Crippen molar-refractivity contribution >= 4 is 30.9 Å². The molecule has 8 nitrogen and oxygen atoms in total. The Hall–Kier alpha value is -2.27. The van der Waals surface area contributed by atoms with Gasteiger partial charge in [0.15, 0.2) is 12.4 Å². The van der Waals surface area contributed by atoms with E-state index in [0.717, 1.165) is 27.6 Å². The number of sulfonamides is 2. The number of hydrogen-bond acceptors (Lipinski definition) is 4. The predicted octanol–water partition coefficient (Wildman–Crippen LogP) is 0.774. The van der Waals surface area contributed by atoms with Crippen LogP contribution in [0.25, 0.3) is 22.0 Å². The van der Waals surface area contributed by atoms with Crippen LogP contribution in [0.4, 0.5) is 0 Å². The fourth-order valence-corrected chi connectivity index (χ4v) is 4.62. The fourth-order valence-electron chi connectivity index (χ4n) is 3.27. The minimum absolute atomic E-state index is 0.00658. The van der Waals surface area contributed by atoms with Crippen molar-refractivity contribution in [2.24, 2.45) is 7.05 Å². The summed E-state index contributed by atoms with van der Waals surface area (Å²) < 4.78 is 55.9. The summed E-state index contributed by atoms with van der Waals surface area (Å²) in [6.45, 7) is 0.313. The van der Waals surface area contributed by atoms with Gasteiger partial charge in [-0.3, -0.25) is 0 Å². The molecule has 0 atom stereocenters. The first-order chi connectivity index (χ1) is 14.1. The average molecular weight is 452 g/mol. The van der Waals surface area contributed by atoms with Crippen molar-refractivity contribution in [1.82, 2.24) is 14.0 Å². The minimum atomic E-state index is -3.33. The van der Waals surface area contributed by atoms with Gasteiger partial charge < -0.3 is 4.57 Å². The van der Waals surface area contributed by atoms with Crippen molar-refractivity contribution in [3.05, 3.63) is 54.5 Å². The summed E-state index contributed by atoms with van der Waals surface area (Å²) in [5.41, 5.74) is 3.80. The van der Waals surface area contributed by atoms with Crippen LogP contribution in [0.3, 0.4) is 0 Å². The Kier molecular flexibility index (Phi) is 6.61. The van der Waals surface area contributed by atoms with Crippen molar-refractivity contribution in [3.8, 4) is 11.1 Å². The molecule has 2 aromatic heterocycles. The molecule has 10 heteroatoms. The molecular formula is C20H27N4O4S2+. The molecule has 162 valence electrons. The highest BCUT2D eigenvalue weighted by molar-refractivity contribution is 7.89. The molecule has 0 aliphatic rings. The molecule has 0 radical (unpaired) electrons. The molecule has 2 N–H and O–H groups in total. The summed E-state index contributed by atoms with van der Waals surface area (Å²) in [6, 6.07) is 9.82. The van der Waals surface area contributed by atoms with Crippen LogP contribution in [-0.4, -0.2) is 47.0 Å². The number of aryl methyl sites for hydroxylation is 3. The molecule has 0 fully saturated rings. The monoisotopic (exact) mass is 451 g/mol. The molecule has 0 unspecified atom stereocenters. The Morgan fingerprint density at radius 3 is 2.20 bits per heavy atom. The molecule has 0 aliphatic heterocycles. The van der Waals surface area contributed by atoms with Crippen molar-refractivity contribution in [2.75, 3.05) is 25.6 Å². The normalized spacial score (nSPS) is 12.5. The smallest absolute Gasteiger partial charge is 0.213 e. The van der Waals surface area contributed by atoms with Crippen LogP contribution in [-0.2, 0) is 40.1 Å². The largest absolute Gasteiger partial charge is 0.346 e. The van der Waals surface area contributed by atoms with Gasteiger partial charge in [-0.25, -0.2) is 30.8 Å². The van der Waals surface area contributed by atoms with Crippen LogP contribution in [0.15, 0.2) is 48.9 Å². The lowest BCUT2D eigenvalue weighted by molar-refractivity contribution is -0.671. The minimum Gasteiger partial charge on any atom is -0.346 e. The van der Waals surface area contributed by atoms with E-state index in [1.54, 1.807) is 0 Å². The Bertz CT molecular complexity index is 1250. The predicted molar refractivity (Wildman–Crippen MR) is 118 cm³/mol. The summed E-state index contributed by atoms with van der Waals surface area (Å²) in [7, 11) is -1.87. The Labute approximate surface area is 177 Å². The van der Waals surface area contributed by atoms with E-state index in [1.807, 2.05) is 65.1 Å². The number of rotatable bonds is 9. The summed E-state index contributed by atoms with van der Waals surface area (Å²) in [4.78, 5) is 0. The number of hydrogen-bond donors (Lipinski definition) is 2. The maximum atomic E-state index is 11.9. The summed E-state index contributed by atoms with van der Waals surface area (Å²) in [5, 5.41) is 0.963. The van der Waals surface area contributed by atoms with Gasteiger partial charge in [0.05, 0.1) is 11.5 Å². The quantitative estimate of drug-likeness (QED) is 0.469. The van der Waals surface area contributed by atoms with Gasteiger partial charge >= 0.3 is 0 Å².